The van der Waals surface area contributed by atoms with Crippen LogP contribution in [0.4, 0.5) is 5.69 Å². The predicted molar refractivity (Wildman–Crippen MR) is 103 cm³/mol. The Morgan fingerprint density at radius 2 is 1.62 bits per heavy atom. The van der Waals surface area contributed by atoms with Crippen molar-refractivity contribution in [3.8, 4) is 0 Å². The van der Waals surface area contributed by atoms with Gasteiger partial charge in [-0.05, 0) is 46.7 Å². The number of rotatable bonds is 5. The molecule has 0 aliphatic rings. The van der Waals surface area contributed by atoms with Crippen LogP contribution in [0.15, 0.2) is 66.7 Å². The van der Waals surface area contributed by atoms with Crippen LogP contribution in [0.1, 0.15) is 29.8 Å². The summed E-state index contributed by atoms with van der Waals surface area (Å²) >= 11 is 0. The van der Waals surface area contributed by atoms with Crippen molar-refractivity contribution in [3.63, 3.8) is 0 Å². The molecule has 3 rings (SSSR count). The lowest BCUT2D eigenvalue weighted by Gasteiger charge is -2.09. The van der Waals surface area contributed by atoms with Gasteiger partial charge in [0.05, 0.1) is 5.56 Å². The average molecular weight is 347 g/mol. The standard InChI is InChI=1S/C22H21NO3/c1-15(2)21(24)23-20-11-9-18(10-12-20)22(25)26-14-16-7-8-17-5-3-4-6-19(17)13-16/h3-13,15H,14H2,1-2H3,(H,23,24). The second-order valence-corrected chi connectivity index (χ2v) is 6.48. The Kier molecular flexibility index (Phi) is 5.32. The van der Waals surface area contributed by atoms with Gasteiger partial charge in [-0.15, -0.1) is 0 Å². The Balaban J connectivity index is 1.61. The monoisotopic (exact) mass is 347 g/mol. The van der Waals surface area contributed by atoms with Crippen LogP contribution < -0.4 is 5.32 Å². The third-order valence-corrected chi connectivity index (χ3v) is 4.10. The summed E-state index contributed by atoms with van der Waals surface area (Å²) in [5, 5.41) is 5.06. The molecule has 0 unspecified atom stereocenters. The molecule has 26 heavy (non-hydrogen) atoms. The third kappa shape index (κ3) is 4.28. The molecule has 3 aromatic carbocycles. The highest BCUT2D eigenvalue weighted by atomic mass is 16.5. The molecule has 4 heteroatoms. The molecule has 0 atom stereocenters. The highest BCUT2D eigenvalue weighted by Gasteiger charge is 2.10. The van der Waals surface area contributed by atoms with Gasteiger partial charge in [-0.2, -0.15) is 0 Å². The number of hydrogen-bond acceptors (Lipinski definition) is 3. The zero-order chi connectivity index (χ0) is 18.5. The molecule has 0 saturated carbocycles. The lowest BCUT2D eigenvalue weighted by Crippen LogP contribution is -2.17. The second-order valence-electron chi connectivity index (χ2n) is 6.48. The lowest BCUT2D eigenvalue weighted by atomic mass is 10.1. The molecule has 4 nitrogen and oxygen atoms in total. The van der Waals surface area contributed by atoms with E-state index in [1.54, 1.807) is 24.3 Å². The smallest absolute Gasteiger partial charge is 0.338 e. The summed E-state index contributed by atoms with van der Waals surface area (Å²) in [7, 11) is 0. The van der Waals surface area contributed by atoms with Crippen molar-refractivity contribution in [3.05, 3.63) is 77.9 Å². The molecule has 0 radical (unpaired) electrons. The van der Waals surface area contributed by atoms with E-state index in [-0.39, 0.29) is 24.4 Å². The largest absolute Gasteiger partial charge is 0.457 e. The van der Waals surface area contributed by atoms with Crippen molar-refractivity contribution >= 4 is 28.3 Å². The van der Waals surface area contributed by atoms with Crippen LogP contribution in [-0.2, 0) is 16.1 Å². The maximum atomic E-state index is 12.2. The van der Waals surface area contributed by atoms with Gasteiger partial charge in [0, 0.05) is 11.6 Å². The number of nitrogens with one attached hydrogen (secondary N) is 1. The van der Waals surface area contributed by atoms with Gasteiger partial charge in [0.25, 0.3) is 0 Å². The number of anilines is 1. The maximum absolute atomic E-state index is 12.2. The average Bonchev–Trinajstić information content (AvgIpc) is 2.66. The summed E-state index contributed by atoms with van der Waals surface area (Å²) in [6.07, 6.45) is 0. The van der Waals surface area contributed by atoms with Crippen LogP contribution in [0.2, 0.25) is 0 Å². The number of benzene rings is 3. The van der Waals surface area contributed by atoms with Gasteiger partial charge in [0.15, 0.2) is 0 Å². The first-order valence-electron chi connectivity index (χ1n) is 8.58. The topological polar surface area (TPSA) is 55.4 Å². The van der Waals surface area contributed by atoms with Crippen LogP contribution in [0.25, 0.3) is 10.8 Å². The molecule has 0 aromatic heterocycles. The number of hydrogen-bond donors (Lipinski definition) is 1. The maximum Gasteiger partial charge on any atom is 0.338 e. The molecule has 132 valence electrons. The van der Waals surface area contributed by atoms with Crippen molar-refractivity contribution in [2.24, 2.45) is 5.92 Å². The highest BCUT2D eigenvalue weighted by molar-refractivity contribution is 5.93. The Morgan fingerprint density at radius 3 is 2.31 bits per heavy atom. The Bertz CT molecular complexity index is 930. The van der Waals surface area contributed by atoms with Gasteiger partial charge in [-0.1, -0.05) is 50.2 Å². The van der Waals surface area contributed by atoms with Crippen LogP contribution in [0, 0.1) is 5.92 Å². The van der Waals surface area contributed by atoms with Gasteiger partial charge >= 0.3 is 5.97 Å². The van der Waals surface area contributed by atoms with Crippen molar-refractivity contribution < 1.29 is 14.3 Å². The van der Waals surface area contributed by atoms with E-state index in [9.17, 15) is 9.59 Å². The van der Waals surface area contributed by atoms with Gasteiger partial charge in [-0.3, -0.25) is 4.79 Å². The first kappa shape index (κ1) is 17.7. The minimum atomic E-state index is -0.389. The van der Waals surface area contributed by atoms with Crippen LogP contribution in [0.5, 0.6) is 0 Å². The molecule has 0 fully saturated rings. The minimum Gasteiger partial charge on any atom is -0.457 e. The molecule has 0 aliphatic heterocycles. The number of fused-ring (bicyclic) bond motifs is 1. The molecule has 0 heterocycles. The molecular weight excluding hydrogens is 326 g/mol. The molecule has 3 aromatic rings. The van der Waals surface area contributed by atoms with Crippen molar-refractivity contribution in [1.82, 2.24) is 0 Å². The molecule has 1 N–H and O–H groups in total. The Hall–Kier alpha value is -3.14. The lowest BCUT2D eigenvalue weighted by molar-refractivity contribution is -0.118. The normalized spacial score (nSPS) is 10.7. The highest BCUT2D eigenvalue weighted by Crippen LogP contribution is 2.17. The number of amides is 1. The zero-order valence-electron chi connectivity index (χ0n) is 14.9. The predicted octanol–water partition coefficient (Wildman–Crippen LogP) is 4.79. The van der Waals surface area contributed by atoms with E-state index < -0.39 is 0 Å². The van der Waals surface area contributed by atoms with E-state index in [1.807, 2.05) is 56.3 Å². The number of carbonyl (C=O) groups is 2. The number of esters is 1. The number of ether oxygens (including phenoxy) is 1. The fourth-order valence-electron chi connectivity index (χ4n) is 2.54. The van der Waals surface area contributed by atoms with Crippen LogP contribution in [0.3, 0.4) is 0 Å². The first-order valence-corrected chi connectivity index (χ1v) is 8.58. The molecule has 0 aliphatic carbocycles. The van der Waals surface area contributed by atoms with Crippen LogP contribution >= 0.6 is 0 Å². The van der Waals surface area contributed by atoms with Gasteiger partial charge < -0.3 is 10.1 Å². The van der Waals surface area contributed by atoms with E-state index in [0.717, 1.165) is 16.3 Å². The molecule has 0 bridgehead atoms. The molecule has 1 amide bonds. The van der Waals surface area contributed by atoms with Crippen molar-refractivity contribution in [2.75, 3.05) is 5.32 Å². The molecule has 0 spiro atoms. The summed E-state index contributed by atoms with van der Waals surface area (Å²) in [6.45, 7) is 3.87. The SMILES string of the molecule is CC(C)C(=O)Nc1ccc(C(=O)OCc2ccc3ccccc3c2)cc1. The van der Waals surface area contributed by atoms with E-state index in [0.29, 0.717) is 11.3 Å². The van der Waals surface area contributed by atoms with Gasteiger partial charge in [-0.25, -0.2) is 4.79 Å². The van der Waals surface area contributed by atoms with Crippen molar-refractivity contribution in [2.45, 2.75) is 20.5 Å². The van der Waals surface area contributed by atoms with E-state index in [1.165, 1.54) is 0 Å². The minimum absolute atomic E-state index is 0.0587. The van der Waals surface area contributed by atoms with E-state index in [4.69, 9.17) is 4.74 Å². The van der Waals surface area contributed by atoms with Gasteiger partial charge in [0.2, 0.25) is 5.91 Å². The fourth-order valence-corrected chi connectivity index (χ4v) is 2.54. The van der Waals surface area contributed by atoms with E-state index >= 15 is 0 Å². The zero-order valence-corrected chi connectivity index (χ0v) is 14.9. The van der Waals surface area contributed by atoms with Crippen molar-refractivity contribution in [1.29, 1.82) is 0 Å². The molecule has 0 saturated heterocycles. The van der Waals surface area contributed by atoms with Gasteiger partial charge in [0.1, 0.15) is 6.61 Å². The fraction of sp³-hybridized carbons (Fsp3) is 0.182. The summed E-state index contributed by atoms with van der Waals surface area (Å²) in [4.78, 5) is 23.9. The quantitative estimate of drug-likeness (QED) is 0.675. The molecular formula is C22H21NO3. The third-order valence-electron chi connectivity index (χ3n) is 4.10. The van der Waals surface area contributed by atoms with E-state index in [2.05, 4.69) is 5.32 Å². The van der Waals surface area contributed by atoms with Crippen LogP contribution in [-0.4, -0.2) is 11.9 Å². The Morgan fingerprint density at radius 1 is 0.923 bits per heavy atom. The second kappa shape index (κ2) is 7.83. The first-order chi connectivity index (χ1) is 12.5. The summed E-state index contributed by atoms with van der Waals surface area (Å²) in [5.74, 6) is -0.543. The Labute approximate surface area is 152 Å². The summed E-state index contributed by atoms with van der Waals surface area (Å²) in [5.41, 5.74) is 2.06. The number of carbonyl (C=O) groups excluding carboxylic acids is 2. The summed E-state index contributed by atoms with van der Waals surface area (Å²) in [6, 6.07) is 20.8. The summed E-state index contributed by atoms with van der Waals surface area (Å²) < 4.78 is 5.40.